The summed E-state index contributed by atoms with van der Waals surface area (Å²) in [6.07, 6.45) is 4.02. The number of nitrogens with zero attached hydrogens (tertiary/aromatic N) is 1. The molecule has 0 aromatic carbocycles. The van der Waals surface area contributed by atoms with Crippen molar-refractivity contribution in [1.82, 2.24) is 10.3 Å². The Hall–Kier alpha value is -0.450. The first-order valence-corrected chi connectivity index (χ1v) is 8.41. The molecule has 1 heterocycles. The number of nitrogens with one attached hydrogen (secondary N) is 1. The third kappa shape index (κ3) is 3.41. The predicted octanol–water partition coefficient (Wildman–Crippen LogP) is 3.97. The number of thiazole rings is 1. The zero-order chi connectivity index (χ0) is 14.9. The molecule has 114 valence electrons. The quantitative estimate of drug-likeness (QED) is 0.913. The summed E-state index contributed by atoms with van der Waals surface area (Å²) >= 11 is 1.85. The van der Waals surface area contributed by atoms with Crippen molar-refractivity contribution in [2.45, 2.75) is 77.5 Å². The van der Waals surface area contributed by atoms with Crippen molar-refractivity contribution < 1.29 is 4.74 Å². The van der Waals surface area contributed by atoms with Gasteiger partial charge < -0.3 is 10.1 Å². The molecule has 3 atom stereocenters. The Morgan fingerprint density at radius 2 is 2.05 bits per heavy atom. The first-order chi connectivity index (χ1) is 9.32. The molecular formula is C16H28N2OS. The molecule has 1 aliphatic carbocycles. The zero-order valence-corrected chi connectivity index (χ0v) is 14.4. The van der Waals surface area contributed by atoms with E-state index in [-0.39, 0.29) is 5.41 Å². The smallest absolute Gasteiger partial charge is 0.0985 e. The molecular weight excluding hydrogens is 268 g/mol. The van der Waals surface area contributed by atoms with Gasteiger partial charge in [0.25, 0.3) is 0 Å². The van der Waals surface area contributed by atoms with Gasteiger partial charge in [-0.25, -0.2) is 4.98 Å². The number of hydrogen-bond acceptors (Lipinski definition) is 4. The summed E-state index contributed by atoms with van der Waals surface area (Å²) in [5.74, 6) is 0. The predicted molar refractivity (Wildman–Crippen MR) is 85.5 cm³/mol. The Labute approximate surface area is 127 Å². The maximum atomic E-state index is 5.58. The minimum absolute atomic E-state index is 0.135. The molecule has 2 rings (SSSR count). The van der Waals surface area contributed by atoms with E-state index in [2.05, 4.69) is 39.9 Å². The zero-order valence-electron chi connectivity index (χ0n) is 13.6. The van der Waals surface area contributed by atoms with Gasteiger partial charge in [-0.3, -0.25) is 0 Å². The third-order valence-corrected chi connectivity index (χ3v) is 5.85. The summed E-state index contributed by atoms with van der Waals surface area (Å²) in [5.41, 5.74) is 1.31. The van der Waals surface area contributed by atoms with E-state index in [4.69, 9.17) is 9.72 Å². The minimum Gasteiger partial charge on any atom is -0.380 e. The second-order valence-electron chi connectivity index (χ2n) is 6.92. The lowest BCUT2D eigenvalue weighted by molar-refractivity contribution is 0.0821. The molecule has 3 unspecified atom stereocenters. The molecule has 1 aromatic heterocycles. The molecule has 1 aliphatic rings. The van der Waals surface area contributed by atoms with Crippen LogP contribution in [0.1, 0.15) is 68.6 Å². The van der Waals surface area contributed by atoms with Gasteiger partial charge in [0.1, 0.15) is 0 Å². The SMILES string of the molecule is COC1CCCC1NC(C)c1sc(C(C)(C)C)nc1C. The molecule has 1 aromatic rings. The van der Waals surface area contributed by atoms with E-state index in [1.807, 2.05) is 18.4 Å². The number of aromatic nitrogens is 1. The Kier molecular flexibility index (Phi) is 4.88. The van der Waals surface area contributed by atoms with Crippen LogP contribution in [-0.4, -0.2) is 24.2 Å². The van der Waals surface area contributed by atoms with Crippen LogP contribution in [0.5, 0.6) is 0 Å². The minimum atomic E-state index is 0.135. The summed E-state index contributed by atoms with van der Waals surface area (Å²) < 4.78 is 5.58. The van der Waals surface area contributed by atoms with Crippen molar-refractivity contribution in [3.8, 4) is 0 Å². The van der Waals surface area contributed by atoms with E-state index in [9.17, 15) is 0 Å². The molecule has 0 saturated heterocycles. The second kappa shape index (κ2) is 6.12. The summed E-state index contributed by atoms with van der Waals surface area (Å²) in [6.45, 7) is 11.1. The summed E-state index contributed by atoms with van der Waals surface area (Å²) in [7, 11) is 1.82. The van der Waals surface area contributed by atoms with Gasteiger partial charge in [-0.1, -0.05) is 20.8 Å². The van der Waals surface area contributed by atoms with Gasteiger partial charge in [0, 0.05) is 29.5 Å². The Morgan fingerprint density at radius 3 is 2.60 bits per heavy atom. The van der Waals surface area contributed by atoms with Crippen LogP contribution >= 0.6 is 11.3 Å². The second-order valence-corrected chi connectivity index (χ2v) is 7.95. The highest BCUT2D eigenvalue weighted by Gasteiger charge is 2.30. The molecule has 0 radical (unpaired) electrons. The number of rotatable bonds is 4. The van der Waals surface area contributed by atoms with Crippen molar-refractivity contribution in [3.63, 3.8) is 0 Å². The molecule has 3 nitrogen and oxygen atoms in total. The number of methoxy groups -OCH3 is 1. The van der Waals surface area contributed by atoms with E-state index in [1.165, 1.54) is 34.8 Å². The van der Waals surface area contributed by atoms with Crippen LogP contribution in [-0.2, 0) is 10.2 Å². The first-order valence-electron chi connectivity index (χ1n) is 7.59. The van der Waals surface area contributed by atoms with Crippen molar-refractivity contribution in [2.75, 3.05) is 7.11 Å². The first kappa shape index (κ1) is 15.9. The lowest BCUT2D eigenvalue weighted by Crippen LogP contribution is -2.38. The molecule has 0 bridgehead atoms. The van der Waals surface area contributed by atoms with Crippen LogP contribution in [0.4, 0.5) is 0 Å². The molecule has 1 saturated carbocycles. The van der Waals surface area contributed by atoms with E-state index in [1.54, 1.807) is 0 Å². The fraction of sp³-hybridized carbons (Fsp3) is 0.812. The summed E-state index contributed by atoms with van der Waals surface area (Å²) in [4.78, 5) is 6.14. The summed E-state index contributed by atoms with van der Waals surface area (Å²) in [6, 6.07) is 0.832. The fourth-order valence-corrected chi connectivity index (χ4v) is 4.06. The van der Waals surface area contributed by atoms with Crippen molar-refractivity contribution >= 4 is 11.3 Å². The average molecular weight is 296 g/mol. The molecule has 1 fully saturated rings. The van der Waals surface area contributed by atoms with Crippen LogP contribution in [0.15, 0.2) is 0 Å². The maximum Gasteiger partial charge on any atom is 0.0985 e. The Bertz CT molecular complexity index is 450. The molecule has 20 heavy (non-hydrogen) atoms. The molecule has 0 spiro atoms. The van der Waals surface area contributed by atoms with Gasteiger partial charge in [-0.2, -0.15) is 0 Å². The monoisotopic (exact) mass is 296 g/mol. The van der Waals surface area contributed by atoms with E-state index >= 15 is 0 Å². The van der Waals surface area contributed by atoms with Gasteiger partial charge in [-0.05, 0) is 33.1 Å². The standard InChI is InChI=1S/C16H28N2OS/c1-10(17-12-8-7-9-13(12)19-6)14-11(2)18-15(20-14)16(3,4)5/h10,12-13,17H,7-9H2,1-6H3. The fourth-order valence-electron chi connectivity index (χ4n) is 2.93. The normalized spacial score (nSPS) is 25.1. The van der Waals surface area contributed by atoms with Crippen LogP contribution in [0, 0.1) is 6.92 Å². The lowest BCUT2D eigenvalue weighted by Gasteiger charge is -2.24. The lowest BCUT2D eigenvalue weighted by atomic mass is 9.98. The van der Waals surface area contributed by atoms with Crippen molar-refractivity contribution in [1.29, 1.82) is 0 Å². The largest absolute Gasteiger partial charge is 0.380 e. The average Bonchev–Trinajstić information content (AvgIpc) is 2.94. The van der Waals surface area contributed by atoms with E-state index < -0.39 is 0 Å². The molecule has 0 aliphatic heterocycles. The molecule has 4 heteroatoms. The van der Waals surface area contributed by atoms with E-state index in [0.717, 1.165) is 0 Å². The van der Waals surface area contributed by atoms with Crippen LogP contribution < -0.4 is 5.32 Å². The van der Waals surface area contributed by atoms with Gasteiger partial charge >= 0.3 is 0 Å². The van der Waals surface area contributed by atoms with Crippen molar-refractivity contribution in [2.24, 2.45) is 0 Å². The molecule has 1 N–H and O–H groups in total. The highest BCUT2D eigenvalue weighted by atomic mass is 32.1. The number of aryl methyl sites for hydroxylation is 1. The van der Waals surface area contributed by atoms with Crippen LogP contribution in [0.2, 0.25) is 0 Å². The van der Waals surface area contributed by atoms with Crippen LogP contribution in [0.3, 0.4) is 0 Å². The molecule has 0 amide bonds. The highest BCUT2D eigenvalue weighted by Crippen LogP contribution is 2.33. The number of ether oxygens (including phenoxy) is 1. The Morgan fingerprint density at radius 1 is 1.35 bits per heavy atom. The van der Waals surface area contributed by atoms with E-state index in [0.29, 0.717) is 18.2 Å². The van der Waals surface area contributed by atoms with Crippen LogP contribution in [0.25, 0.3) is 0 Å². The Balaban J connectivity index is 2.09. The third-order valence-electron chi connectivity index (χ3n) is 4.09. The highest BCUT2D eigenvalue weighted by molar-refractivity contribution is 7.12. The number of hydrogen-bond donors (Lipinski definition) is 1. The van der Waals surface area contributed by atoms with Crippen molar-refractivity contribution in [3.05, 3.63) is 15.6 Å². The van der Waals surface area contributed by atoms with Gasteiger partial charge in [0.15, 0.2) is 0 Å². The van der Waals surface area contributed by atoms with Gasteiger partial charge in [-0.15, -0.1) is 11.3 Å². The maximum absolute atomic E-state index is 5.58. The van der Waals surface area contributed by atoms with Gasteiger partial charge in [0.2, 0.25) is 0 Å². The van der Waals surface area contributed by atoms with Gasteiger partial charge in [0.05, 0.1) is 16.8 Å². The topological polar surface area (TPSA) is 34.1 Å². The summed E-state index contributed by atoms with van der Waals surface area (Å²) in [5, 5.41) is 4.98.